The molecule has 4 rings (SSSR count). The van der Waals surface area contributed by atoms with E-state index in [0.29, 0.717) is 16.6 Å². The monoisotopic (exact) mass is 438 g/mol. The fourth-order valence-corrected chi connectivity index (χ4v) is 3.95. The van der Waals surface area contributed by atoms with Crippen molar-refractivity contribution >= 4 is 35.1 Å². The highest BCUT2D eigenvalue weighted by atomic mass is 35.5. The lowest BCUT2D eigenvalue weighted by atomic mass is 10.1. The van der Waals surface area contributed by atoms with E-state index in [0.717, 1.165) is 27.7 Å². The van der Waals surface area contributed by atoms with Crippen molar-refractivity contribution in [3.05, 3.63) is 77.1 Å². The number of imidazole rings is 1. The third kappa shape index (κ3) is 4.42. The number of hydrogen-bond acceptors (Lipinski definition) is 5. The maximum atomic E-state index is 12.4. The topological polar surface area (TPSA) is 73.0 Å². The number of halogens is 1. The van der Waals surface area contributed by atoms with Crippen molar-refractivity contribution in [2.45, 2.75) is 19.0 Å². The molecule has 0 aliphatic heterocycles. The molecule has 0 unspecified atom stereocenters. The highest BCUT2D eigenvalue weighted by Gasteiger charge is 2.17. The average molecular weight is 439 g/mol. The number of carbonyl (C=O) groups excluding carboxylic acids is 1. The molecular formula is C22H19ClN4O2S. The minimum absolute atomic E-state index is 0.180. The lowest BCUT2D eigenvalue weighted by Crippen LogP contribution is -2.14. The Hall–Kier alpha value is -3.03. The summed E-state index contributed by atoms with van der Waals surface area (Å²) >= 11 is 7.41. The van der Waals surface area contributed by atoms with Gasteiger partial charge in [-0.2, -0.15) is 0 Å². The number of hydrogen-bond donors (Lipinski definition) is 1. The van der Waals surface area contributed by atoms with E-state index >= 15 is 0 Å². The highest BCUT2D eigenvalue weighted by molar-refractivity contribution is 7.99. The van der Waals surface area contributed by atoms with Crippen LogP contribution in [0.5, 0.6) is 0 Å². The molecule has 1 amide bonds. The Bertz CT molecular complexity index is 1180. The predicted molar refractivity (Wildman–Crippen MR) is 119 cm³/mol. The minimum atomic E-state index is -0.180. The molecule has 152 valence electrons. The molecule has 0 bridgehead atoms. The molecule has 1 N–H and O–H groups in total. The smallest absolute Gasteiger partial charge is 0.236 e. The van der Waals surface area contributed by atoms with Gasteiger partial charge in [0.05, 0.1) is 23.3 Å². The quantitative estimate of drug-likeness (QED) is 0.401. The van der Waals surface area contributed by atoms with Crippen molar-refractivity contribution in [3.63, 3.8) is 0 Å². The van der Waals surface area contributed by atoms with Gasteiger partial charge in [0, 0.05) is 16.7 Å². The third-order valence-electron chi connectivity index (χ3n) is 4.45. The first kappa shape index (κ1) is 20.3. The highest BCUT2D eigenvalue weighted by Crippen LogP contribution is 2.31. The van der Waals surface area contributed by atoms with Gasteiger partial charge in [0.2, 0.25) is 5.91 Å². The van der Waals surface area contributed by atoms with E-state index < -0.39 is 0 Å². The van der Waals surface area contributed by atoms with Crippen molar-refractivity contribution in [1.82, 2.24) is 14.7 Å². The second kappa shape index (κ2) is 8.77. The van der Waals surface area contributed by atoms with Crippen LogP contribution in [0.15, 0.2) is 70.5 Å². The van der Waals surface area contributed by atoms with Crippen LogP contribution in [0.2, 0.25) is 5.02 Å². The van der Waals surface area contributed by atoms with Crippen molar-refractivity contribution in [3.8, 4) is 16.9 Å². The van der Waals surface area contributed by atoms with E-state index in [1.54, 1.807) is 13.0 Å². The zero-order chi connectivity index (χ0) is 21.1. The van der Waals surface area contributed by atoms with Gasteiger partial charge < -0.3 is 9.84 Å². The molecule has 2 heterocycles. The number of thioether (sulfide) groups is 1. The molecule has 0 saturated heterocycles. The molecule has 6 nitrogen and oxygen atoms in total. The van der Waals surface area contributed by atoms with E-state index in [1.807, 2.05) is 48.7 Å². The average Bonchev–Trinajstić information content (AvgIpc) is 3.33. The lowest BCUT2D eigenvalue weighted by molar-refractivity contribution is -0.113. The van der Waals surface area contributed by atoms with E-state index in [9.17, 15) is 4.79 Å². The van der Waals surface area contributed by atoms with Gasteiger partial charge in [0.15, 0.2) is 11.0 Å². The van der Waals surface area contributed by atoms with E-state index in [4.69, 9.17) is 16.1 Å². The number of benzene rings is 2. The molecule has 30 heavy (non-hydrogen) atoms. The van der Waals surface area contributed by atoms with Gasteiger partial charge in [0.1, 0.15) is 5.76 Å². The summed E-state index contributed by atoms with van der Waals surface area (Å²) in [5.74, 6) is 1.05. The first-order valence-corrected chi connectivity index (χ1v) is 10.6. The van der Waals surface area contributed by atoms with Crippen LogP contribution in [-0.2, 0) is 4.79 Å². The molecule has 0 aliphatic rings. The molecule has 4 aromatic rings. The molecule has 0 spiro atoms. The molecule has 0 saturated carbocycles. The van der Waals surface area contributed by atoms with Gasteiger partial charge in [-0.3, -0.25) is 9.36 Å². The van der Waals surface area contributed by atoms with Gasteiger partial charge in [-0.1, -0.05) is 58.9 Å². The maximum absolute atomic E-state index is 12.4. The predicted octanol–water partition coefficient (Wildman–Crippen LogP) is 5.53. The first-order valence-electron chi connectivity index (χ1n) is 9.27. The van der Waals surface area contributed by atoms with E-state index in [-0.39, 0.29) is 11.7 Å². The summed E-state index contributed by atoms with van der Waals surface area (Å²) < 4.78 is 7.05. The summed E-state index contributed by atoms with van der Waals surface area (Å²) in [6, 6.07) is 17.4. The number of amides is 1. The van der Waals surface area contributed by atoms with Crippen molar-refractivity contribution < 1.29 is 9.32 Å². The van der Waals surface area contributed by atoms with Crippen LogP contribution in [0.1, 0.15) is 11.3 Å². The number of para-hydroxylation sites is 1. The van der Waals surface area contributed by atoms with Gasteiger partial charge in [-0.15, -0.1) is 0 Å². The van der Waals surface area contributed by atoms with Gasteiger partial charge in [-0.25, -0.2) is 4.98 Å². The van der Waals surface area contributed by atoms with E-state index in [1.165, 1.54) is 11.8 Å². The van der Waals surface area contributed by atoms with E-state index in [2.05, 4.69) is 33.0 Å². The Labute approximate surface area is 183 Å². The molecule has 2 aromatic carbocycles. The normalized spacial score (nSPS) is 10.9. The van der Waals surface area contributed by atoms with Crippen LogP contribution < -0.4 is 5.32 Å². The van der Waals surface area contributed by atoms with Crippen LogP contribution in [0.3, 0.4) is 0 Å². The zero-order valence-corrected chi connectivity index (χ0v) is 18.0. The Balaban J connectivity index is 1.63. The molecule has 0 fully saturated rings. The third-order valence-corrected chi connectivity index (χ3v) is 5.66. The largest absolute Gasteiger partial charge is 0.360 e. The maximum Gasteiger partial charge on any atom is 0.236 e. The number of carbonyl (C=O) groups is 1. The van der Waals surface area contributed by atoms with Crippen LogP contribution in [-0.4, -0.2) is 26.4 Å². The molecule has 0 atom stereocenters. The summed E-state index contributed by atoms with van der Waals surface area (Å²) in [6.45, 7) is 3.82. The summed E-state index contributed by atoms with van der Waals surface area (Å²) in [5.41, 5.74) is 4.03. The fourth-order valence-electron chi connectivity index (χ4n) is 3.04. The van der Waals surface area contributed by atoms with Gasteiger partial charge in [0.25, 0.3) is 0 Å². The lowest BCUT2D eigenvalue weighted by Gasteiger charge is -2.14. The number of nitrogens with one attached hydrogen (secondary N) is 1. The number of anilines is 1. The van der Waals surface area contributed by atoms with Crippen molar-refractivity contribution in [2.24, 2.45) is 0 Å². The van der Waals surface area contributed by atoms with Crippen LogP contribution in [0.4, 0.5) is 5.82 Å². The number of aryl methyl sites for hydroxylation is 2. The summed E-state index contributed by atoms with van der Waals surface area (Å²) in [5, 5.41) is 7.92. The molecule has 0 radical (unpaired) electrons. The van der Waals surface area contributed by atoms with Gasteiger partial charge >= 0.3 is 0 Å². The Morgan fingerprint density at radius 1 is 1.17 bits per heavy atom. The van der Waals surface area contributed by atoms with Crippen molar-refractivity contribution in [1.29, 1.82) is 0 Å². The number of aromatic nitrogens is 3. The fraction of sp³-hybridized carbons (Fsp3) is 0.136. The molecule has 2 aromatic heterocycles. The second-order valence-corrected chi connectivity index (χ2v) is 8.09. The molecular weight excluding hydrogens is 420 g/mol. The minimum Gasteiger partial charge on any atom is -0.360 e. The van der Waals surface area contributed by atoms with Crippen LogP contribution in [0.25, 0.3) is 16.9 Å². The Kier molecular flexibility index (Phi) is 5.92. The van der Waals surface area contributed by atoms with Crippen molar-refractivity contribution in [2.75, 3.05) is 11.1 Å². The summed E-state index contributed by atoms with van der Waals surface area (Å²) in [7, 11) is 0. The van der Waals surface area contributed by atoms with Gasteiger partial charge in [-0.05, 0) is 37.6 Å². The first-order chi connectivity index (χ1) is 14.5. The molecule has 8 heteroatoms. The second-order valence-electron chi connectivity index (χ2n) is 6.71. The van der Waals surface area contributed by atoms with Crippen LogP contribution >= 0.6 is 23.4 Å². The standard InChI is InChI=1S/C22H19ClN4O2S/c1-14-5-3-4-6-18(14)27-19(16-7-9-17(23)10-8-16)12-24-22(27)30-13-21(28)25-20-11-15(2)29-26-20/h3-12H,13H2,1-2H3,(H,25,26,28). The zero-order valence-electron chi connectivity index (χ0n) is 16.4. The number of nitrogens with zero attached hydrogens (tertiary/aromatic N) is 3. The van der Waals surface area contributed by atoms with Crippen LogP contribution in [0, 0.1) is 13.8 Å². The Morgan fingerprint density at radius 2 is 1.93 bits per heavy atom. The Morgan fingerprint density at radius 3 is 2.63 bits per heavy atom. The summed E-state index contributed by atoms with van der Waals surface area (Å²) in [4.78, 5) is 17.0. The molecule has 0 aliphatic carbocycles. The summed E-state index contributed by atoms with van der Waals surface area (Å²) in [6.07, 6.45) is 1.82. The SMILES string of the molecule is Cc1cc(NC(=O)CSc2ncc(-c3ccc(Cl)cc3)n2-c2ccccc2C)no1. The number of rotatable bonds is 6.